The van der Waals surface area contributed by atoms with Crippen LogP contribution < -0.4 is 16.0 Å². The van der Waals surface area contributed by atoms with Crippen molar-refractivity contribution in [3.05, 3.63) is 24.3 Å². The highest BCUT2D eigenvalue weighted by atomic mass is 16.2. The van der Waals surface area contributed by atoms with Crippen LogP contribution in [0.3, 0.4) is 0 Å². The molecule has 1 fully saturated rings. The molecule has 1 aromatic carbocycles. The largest absolute Gasteiger partial charge is 0.338 e. The van der Waals surface area contributed by atoms with E-state index in [0.717, 1.165) is 31.4 Å². The summed E-state index contributed by atoms with van der Waals surface area (Å²) in [7, 11) is 0. The number of anilines is 2. The van der Waals surface area contributed by atoms with Gasteiger partial charge in [0, 0.05) is 23.8 Å². The fourth-order valence-electron chi connectivity index (χ4n) is 2.80. The van der Waals surface area contributed by atoms with Gasteiger partial charge < -0.3 is 16.0 Å². The van der Waals surface area contributed by atoms with Crippen LogP contribution in [0.4, 0.5) is 16.2 Å². The molecule has 1 aliphatic carbocycles. The van der Waals surface area contributed by atoms with Crippen molar-refractivity contribution in [2.24, 2.45) is 5.92 Å². The molecule has 5 nitrogen and oxygen atoms in total. The first-order chi connectivity index (χ1) is 10.7. The maximum absolute atomic E-state index is 12.3. The van der Waals surface area contributed by atoms with Crippen molar-refractivity contribution < 1.29 is 9.59 Å². The van der Waals surface area contributed by atoms with Crippen LogP contribution >= 0.6 is 0 Å². The van der Waals surface area contributed by atoms with E-state index in [0.29, 0.717) is 12.2 Å². The van der Waals surface area contributed by atoms with Gasteiger partial charge in [0.15, 0.2) is 0 Å². The molecule has 0 saturated heterocycles. The molecule has 120 valence electrons. The summed E-state index contributed by atoms with van der Waals surface area (Å²) >= 11 is 0. The number of rotatable bonds is 4. The second-order valence-corrected chi connectivity index (χ2v) is 5.74. The van der Waals surface area contributed by atoms with Gasteiger partial charge in [-0.1, -0.05) is 31.7 Å². The Labute approximate surface area is 131 Å². The van der Waals surface area contributed by atoms with Crippen molar-refractivity contribution in [3.8, 4) is 0 Å². The fraction of sp³-hybridized carbons (Fsp3) is 0.529. The summed E-state index contributed by atoms with van der Waals surface area (Å²) in [6.45, 7) is 2.44. The Morgan fingerprint density at radius 2 is 1.68 bits per heavy atom. The number of urea groups is 1. The lowest BCUT2D eigenvalue weighted by molar-refractivity contribution is -0.120. The molecule has 0 unspecified atom stereocenters. The molecule has 0 spiro atoms. The van der Waals surface area contributed by atoms with E-state index < -0.39 is 0 Å². The minimum absolute atomic E-state index is 0.0945. The number of hydrogen-bond acceptors (Lipinski definition) is 2. The molecule has 1 aliphatic rings. The van der Waals surface area contributed by atoms with Crippen LogP contribution in [0.2, 0.25) is 0 Å². The third-order valence-corrected chi connectivity index (χ3v) is 3.95. The summed E-state index contributed by atoms with van der Waals surface area (Å²) in [5, 5.41) is 8.39. The monoisotopic (exact) mass is 303 g/mol. The van der Waals surface area contributed by atoms with Gasteiger partial charge in [0.05, 0.1) is 0 Å². The van der Waals surface area contributed by atoms with E-state index in [-0.39, 0.29) is 17.9 Å². The van der Waals surface area contributed by atoms with Crippen molar-refractivity contribution in [2.45, 2.75) is 45.4 Å². The van der Waals surface area contributed by atoms with E-state index in [1.165, 1.54) is 12.8 Å². The Morgan fingerprint density at radius 1 is 1.05 bits per heavy atom. The Morgan fingerprint density at radius 3 is 2.32 bits per heavy atom. The molecule has 1 saturated carbocycles. The zero-order valence-corrected chi connectivity index (χ0v) is 13.2. The number of nitrogens with one attached hydrogen (secondary N) is 3. The first-order valence-corrected chi connectivity index (χ1v) is 8.15. The predicted octanol–water partition coefficient (Wildman–Crippen LogP) is 3.74. The normalized spacial score (nSPS) is 15.7. The molecule has 0 heterocycles. The standard InChI is InChI=1S/C17H25N3O2/c1-2-18-17(22)20-15-11-7-10-14(12-15)19-16(21)13-8-5-3-4-6-9-13/h7,10-13H,2-6,8-9H2,1H3,(H,19,21)(H2,18,20,22). The summed E-state index contributed by atoms with van der Waals surface area (Å²) in [5.41, 5.74) is 1.40. The first kappa shape index (κ1) is 16.3. The van der Waals surface area contributed by atoms with Crippen LogP contribution in [0.25, 0.3) is 0 Å². The van der Waals surface area contributed by atoms with Gasteiger partial charge in [-0.25, -0.2) is 4.79 Å². The Bertz CT molecular complexity index is 508. The van der Waals surface area contributed by atoms with Gasteiger partial charge in [-0.2, -0.15) is 0 Å². The molecular weight excluding hydrogens is 278 g/mol. The van der Waals surface area contributed by atoms with E-state index in [1.54, 1.807) is 12.1 Å². The molecule has 0 radical (unpaired) electrons. The minimum atomic E-state index is -0.241. The molecule has 0 aliphatic heterocycles. The van der Waals surface area contributed by atoms with Crippen LogP contribution in [-0.4, -0.2) is 18.5 Å². The lowest BCUT2D eigenvalue weighted by Crippen LogP contribution is -2.28. The van der Waals surface area contributed by atoms with Crippen molar-refractivity contribution in [3.63, 3.8) is 0 Å². The third-order valence-electron chi connectivity index (χ3n) is 3.95. The number of benzene rings is 1. The zero-order valence-electron chi connectivity index (χ0n) is 13.2. The van der Waals surface area contributed by atoms with E-state index in [9.17, 15) is 9.59 Å². The average Bonchev–Trinajstić information content (AvgIpc) is 2.77. The summed E-state index contributed by atoms with van der Waals surface area (Å²) in [6.07, 6.45) is 6.69. The number of carbonyl (C=O) groups is 2. The molecule has 22 heavy (non-hydrogen) atoms. The summed E-state index contributed by atoms with van der Waals surface area (Å²) in [5.74, 6) is 0.208. The fourth-order valence-corrected chi connectivity index (χ4v) is 2.80. The predicted molar refractivity (Wildman–Crippen MR) is 89.0 cm³/mol. The zero-order chi connectivity index (χ0) is 15.8. The Balaban J connectivity index is 1.94. The van der Waals surface area contributed by atoms with Crippen LogP contribution in [0.15, 0.2) is 24.3 Å². The van der Waals surface area contributed by atoms with Crippen LogP contribution in [-0.2, 0) is 4.79 Å². The molecule has 0 bridgehead atoms. The summed E-state index contributed by atoms with van der Waals surface area (Å²) in [4.78, 5) is 23.9. The van der Waals surface area contributed by atoms with Crippen LogP contribution in [0, 0.1) is 5.92 Å². The van der Waals surface area contributed by atoms with Crippen molar-refractivity contribution in [1.29, 1.82) is 0 Å². The molecule has 3 N–H and O–H groups in total. The lowest BCUT2D eigenvalue weighted by Gasteiger charge is -2.15. The van der Waals surface area contributed by atoms with Gasteiger partial charge in [-0.05, 0) is 38.0 Å². The highest BCUT2D eigenvalue weighted by Crippen LogP contribution is 2.24. The topological polar surface area (TPSA) is 70.2 Å². The van der Waals surface area contributed by atoms with E-state index in [1.807, 2.05) is 19.1 Å². The van der Waals surface area contributed by atoms with Gasteiger partial charge in [0.25, 0.3) is 0 Å². The molecular formula is C17H25N3O2. The van der Waals surface area contributed by atoms with Crippen LogP contribution in [0.1, 0.15) is 45.4 Å². The number of carbonyl (C=O) groups excluding carboxylic acids is 2. The van der Waals surface area contributed by atoms with Gasteiger partial charge in [-0.3, -0.25) is 4.79 Å². The van der Waals surface area contributed by atoms with Gasteiger partial charge in [-0.15, -0.1) is 0 Å². The summed E-state index contributed by atoms with van der Waals surface area (Å²) in [6, 6.07) is 7.01. The molecule has 0 atom stereocenters. The summed E-state index contributed by atoms with van der Waals surface area (Å²) < 4.78 is 0. The van der Waals surface area contributed by atoms with E-state index in [4.69, 9.17) is 0 Å². The molecule has 1 aromatic rings. The SMILES string of the molecule is CCNC(=O)Nc1cccc(NC(=O)C2CCCCCC2)c1. The maximum atomic E-state index is 12.3. The van der Waals surface area contributed by atoms with Crippen molar-refractivity contribution >= 4 is 23.3 Å². The number of amides is 3. The third kappa shape index (κ3) is 5.06. The minimum Gasteiger partial charge on any atom is -0.338 e. The lowest BCUT2D eigenvalue weighted by atomic mass is 9.99. The quantitative estimate of drug-likeness (QED) is 0.742. The van der Waals surface area contributed by atoms with Gasteiger partial charge in [0.1, 0.15) is 0 Å². The maximum Gasteiger partial charge on any atom is 0.319 e. The average molecular weight is 303 g/mol. The Hall–Kier alpha value is -2.04. The molecule has 0 aromatic heterocycles. The number of hydrogen-bond donors (Lipinski definition) is 3. The van der Waals surface area contributed by atoms with Crippen molar-refractivity contribution in [2.75, 3.05) is 17.2 Å². The second kappa shape index (κ2) is 8.41. The van der Waals surface area contributed by atoms with E-state index >= 15 is 0 Å². The second-order valence-electron chi connectivity index (χ2n) is 5.74. The van der Waals surface area contributed by atoms with Gasteiger partial charge in [0.2, 0.25) is 5.91 Å². The highest BCUT2D eigenvalue weighted by Gasteiger charge is 2.20. The molecule has 3 amide bonds. The first-order valence-electron chi connectivity index (χ1n) is 8.15. The molecule has 5 heteroatoms. The van der Waals surface area contributed by atoms with E-state index in [2.05, 4.69) is 16.0 Å². The smallest absolute Gasteiger partial charge is 0.319 e. The molecule has 2 rings (SSSR count). The Kier molecular flexibility index (Phi) is 6.25. The highest BCUT2D eigenvalue weighted by molar-refractivity contribution is 5.94. The van der Waals surface area contributed by atoms with Gasteiger partial charge >= 0.3 is 6.03 Å². The van der Waals surface area contributed by atoms with Crippen molar-refractivity contribution in [1.82, 2.24) is 5.32 Å². The van der Waals surface area contributed by atoms with Crippen LogP contribution in [0.5, 0.6) is 0 Å².